The molecular formula is C26H21N3O3. The van der Waals surface area contributed by atoms with E-state index in [-0.39, 0.29) is 23.4 Å². The molecule has 158 valence electrons. The van der Waals surface area contributed by atoms with Gasteiger partial charge < -0.3 is 10.0 Å². The van der Waals surface area contributed by atoms with Crippen molar-refractivity contribution in [3.63, 3.8) is 0 Å². The maximum absolute atomic E-state index is 13.5. The summed E-state index contributed by atoms with van der Waals surface area (Å²) >= 11 is 0. The predicted octanol–water partition coefficient (Wildman–Crippen LogP) is 4.37. The lowest BCUT2D eigenvalue weighted by molar-refractivity contribution is 0.0642. The lowest BCUT2D eigenvalue weighted by atomic mass is 9.99. The van der Waals surface area contributed by atoms with Crippen molar-refractivity contribution < 1.29 is 14.7 Å². The molecule has 1 aliphatic heterocycles. The van der Waals surface area contributed by atoms with Crippen molar-refractivity contribution in [3.8, 4) is 5.75 Å². The normalized spacial score (nSPS) is 13.0. The molecule has 1 aliphatic rings. The molecule has 0 saturated heterocycles. The van der Waals surface area contributed by atoms with Gasteiger partial charge in [-0.2, -0.15) is 0 Å². The van der Waals surface area contributed by atoms with Gasteiger partial charge in [0.25, 0.3) is 11.8 Å². The standard InChI is InChI=1S/C26H21N3O3/c1-28(15-17-9-4-2-5-10-17)23-19-13-8-14-27-22(19)24(30)21-20(23)25(31)29(26(21)32)16-18-11-6-3-7-12-18/h2-14,30H,15-16H2,1H3. The number of anilines is 1. The highest BCUT2D eigenvalue weighted by atomic mass is 16.3. The zero-order chi connectivity index (χ0) is 22.2. The number of benzene rings is 3. The van der Waals surface area contributed by atoms with Crippen LogP contribution < -0.4 is 4.90 Å². The zero-order valence-electron chi connectivity index (χ0n) is 17.5. The van der Waals surface area contributed by atoms with Crippen LogP contribution in [0.5, 0.6) is 5.75 Å². The van der Waals surface area contributed by atoms with Crippen LogP contribution in [0.3, 0.4) is 0 Å². The largest absolute Gasteiger partial charge is 0.505 e. The topological polar surface area (TPSA) is 73.7 Å². The van der Waals surface area contributed by atoms with Crippen molar-refractivity contribution in [2.24, 2.45) is 0 Å². The number of imide groups is 1. The molecule has 0 fully saturated rings. The smallest absolute Gasteiger partial charge is 0.265 e. The van der Waals surface area contributed by atoms with Gasteiger partial charge >= 0.3 is 0 Å². The number of amides is 2. The minimum Gasteiger partial charge on any atom is -0.505 e. The van der Waals surface area contributed by atoms with Gasteiger partial charge in [0, 0.05) is 25.2 Å². The summed E-state index contributed by atoms with van der Waals surface area (Å²) in [6.07, 6.45) is 1.57. The molecule has 3 aromatic carbocycles. The molecule has 1 aromatic heterocycles. The van der Waals surface area contributed by atoms with Gasteiger partial charge in [-0.25, -0.2) is 0 Å². The number of nitrogens with zero attached hydrogens (tertiary/aromatic N) is 3. The first-order valence-electron chi connectivity index (χ1n) is 10.3. The lowest BCUT2D eigenvalue weighted by Crippen LogP contribution is -2.29. The van der Waals surface area contributed by atoms with E-state index < -0.39 is 11.8 Å². The molecule has 4 aromatic rings. The van der Waals surface area contributed by atoms with Gasteiger partial charge in [0.15, 0.2) is 5.75 Å². The molecule has 32 heavy (non-hydrogen) atoms. The van der Waals surface area contributed by atoms with Crippen LogP contribution in [0.25, 0.3) is 10.9 Å². The monoisotopic (exact) mass is 423 g/mol. The molecule has 0 bridgehead atoms. The van der Waals surface area contributed by atoms with E-state index in [1.54, 1.807) is 12.3 Å². The highest BCUT2D eigenvalue weighted by Gasteiger charge is 2.42. The summed E-state index contributed by atoms with van der Waals surface area (Å²) in [5, 5.41) is 11.6. The second-order valence-electron chi connectivity index (χ2n) is 7.87. The number of pyridine rings is 1. The highest BCUT2D eigenvalue weighted by molar-refractivity contribution is 6.28. The van der Waals surface area contributed by atoms with E-state index in [2.05, 4.69) is 4.98 Å². The Hall–Kier alpha value is -4.19. The third-order valence-electron chi connectivity index (χ3n) is 5.76. The Kier molecular flexibility index (Phi) is 4.82. The van der Waals surface area contributed by atoms with Crippen LogP contribution >= 0.6 is 0 Å². The van der Waals surface area contributed by atoms with Gasteiger partial charge in [-0.15, -0.1) is 0 Å². The van der Waals surface area contributed by atoms with Crippen molar-refractivity contribution in [2.45, 2.75) is 13.1 Å². The SMILES string of the molecule is CN(Cc1ccccc1)c1c2c(c(O)c3ncccc13)C(=O)N(Cc1ccccc1)C2=O. The van der Waals surface area contributed by atoms with Crippen molar-refractivity contribution in [1.82, 2.24) is 9.88 Å². The minimum absolute atomic E-state index is 0.0204. The Bertz CT molecular complexity index is 1340. The van der Waals surface area contributed by atoms with Gasteiger partial charge in [-0.3, -0.25) is 19.5 Å². The molecule has 6 nitrogen and oxygen atoms in total. The van der Waals surface area contributed by atoms with Gasteiger partial charge in [-0.05, 0) is 23.3 Å². The average Bonchev–Trinajstić information content (AvgIpc) is 3.06. The molecule has 0 spiro atoms. The summed E-state index contributed by atoms with van der Waals surface area (Å²) in [7, 11) is 1.88. The molecule has 6 heteroatoms. The van der Waals surface area contributed by atoms with Crippen LogP contribution in [-0.4, -0.2) is 33.9 Å². The van der Waals surface area contributed by atoms with E-state index in [1.807, 2.05) is 78.7 Å². The molecule has 0 radical (unpaired) electrons. The van der Waals surface area contributed by atoms with Gasteiger partial charge in [0.05, 0.1) is 23.4 Å². The predicted molar refractivity (Wildman–Crippen MR) is 123 cm³/mol. The number of hydrogen-bond acceptors (Lipinski definition) is 5. The van der Waals surface area contributed by atoms with Crippen molar-refractivity contribution in [3.05, 3.63) is 101 Å². The zero-order valence-corrected chi connectivity index (χ0v) is 17.5. The number of phenols is 1. The molecule has 5 rings (SSSR count). The van der Waals surface area contributed by atoms with Crippen molar-refractivity contribution in [1.29, 1.82) is 0 Å². The first-order valence-corrected chi connectivity index (χ1v) is 10.3. The fourth-order valence-corrected chi connectivity index (χ4v) is 4.30. The Balaban J connectivity index is 1.67. The Morgan fingerprint density at radius 3 is 2.16 bits per heavy atom. The van der Waals surface area contributed by atoms with Crippen molar-refractivity contribution >= 4 is 28.4 Å². The summed E-state index contributed by atoms with van der Waals surface area (Å²) in [4.78, 5) is 34.3. The molecule has 2 heterocycles. The minimum atomic E-state index is -0.506. The maximum atomic E-state index is 13.5. The van der Waals surface area contributed by atoms with E-state index in [4.69, 9.17) is 0 Å². The Morgan fingerprint density at radius 1 is 0.844 bits per heavy atom. The number of rotatable bonds is 5. The summed E-state index contributed by atoms with van der Waals surface area (Å²) < 4.78 is 0. The number of hydrogen-bond donors (Lipinski definition) is 1. The second-order valence-corrected chi connectivity index (χ2v) is 7.87. The second kappa shape index (κ2) is 7.81. The third kappa shape index (κ3) is 3.17. The molecule has 0 aliphatic carbocycles. The van der Waals surface area contributed by atoms with E-state index in [1.165, 1.54) is 4.90 Å². The first kappa shape index (κ1) is 19.8. The fraction of sp³-hybridized carbons (Fsp3) is 0.115. The van der Waals surface area contributed by atoms with E-state index in [0.717, 1.165) is 11.1 Å². The molecule has 0 atom stereocenters. The summed E-state index contributed by atoms with van der Waals surface area (Å²) in [5.74, 6) is -1.17. The summed E-state index contributed by atoms with van der Waals surface area (Å²) in [6.45, 7) is 0.667. The van der Waals surface area contributed by atoms with Crippen LogP contribution in [0.4, 0.5) is 5.69 Å². The van der Waals surface area contributed by atoms with Crippen LogP contribution in [0.15, 0.2) is 79.0 Å². The number of aromatic hydroxyl groups is 1. The lowest BCUT2D eigenvalue weighted by Gasteiger charge is -2.24. The van der Waals surface area contributed by atoms with Crippen molar-refractivity contribution in [2.75, 3.05) is 11.9 Å². The Labute approximate surface area is 185 Å². The highest BCUT2D eigenvalue weighted by Crippen LogP contribution is 2.44. The maximum Gasteiger partial charge on any atom is 0.265 e. The van der Waals surface area contributed by atoms with Gasteiger partial charge in [0.1, 0.15) is 5.52 Å². The molecule has 1 N–H and O–H groups in total. The van der Waals surface area contributed by atoms with Crippen LogP contribution in [0, 0.1) is 0 Å². The number of fused-ring (bicyclic) bond motifs is 2. The number of carbonyl (C=O) groups is 2. The number of aromatic nitrogens is 1. The number of carbonyl (C=O) groups excluding carboxylic acids is 2. The van der Waals surface area contributed by atoms with Gasteiger partial charge in [-0.1, -0.05) is 60.7 Å². The van der Waals surface area contributed by atoms with Gasteiger partial charge in [0.2, 0.25) is 0 Å². The van der Waals surface area contributed by atoms with E-state index >= 15 is 0 Å². The summed E-state index contributed by atoms with van der Waals surface area (Å²) in [6, 6.07) is 22.8. The number of phenolic OH excluding ortho intramolecular Hbond substituents is 1. The van der Waals surface area contributed by atoms with Crippen LogP contribution in [0.2, 0.25) is 0 Å². The van der Waals surface area contributed by atoms with E-state index in [0.29, 0.717) is 23.1 Å². The van der Waals surface area contributed by atoms with E-state index in [9.17, 15) is 14.7 Å². The Morgan fingerprint density at radius 2 is 1.47 bits per heavy atom. The summed E-state index contributed by atoms with van der Waals surface area (Å²) in [5.41, 5.74) is 3.05. The first-order chi connectivity index (χ1) is 15.6. The average molecular weight is 423 g/mol. The van der Waals surface area contributed by atoms with Crippen LogP contribution in [0.1, 0.15) is 31.8 Å². The molecule has 0 unspecified atom stereocenters. The molecular weight excluding hydrogens is 402 g/mol. The fourth-order valence-electron chi connectivity index (χ4n) is 4.30. The van der Waals surface area contributed by atoms with Crippen LogP contribution in [-0.2, 0) is 13.1 Å². The quantitative estimate of drug-likeness (QED) is 0.483. The molecule has 0 saturated carbocycles. The molecule has 2 amide bonds. The third-order valence-corrected chi connectivity index (χ3v) is 5.76.